The van der Waals surface area contributed by atoms with Crippen molar-refractivity contribution in [3.8, 4) is 0 Å². The van der Waals surface area contributed by atoms with Crippen molar-refractivity contribution in [2.75, 3.05) is 13.2 Å². The van der Waals surface area contributed by atoms with Crippen LogP contribution in [0.4, 0.5) is 13.2 Å². The summed E-state index contributed by atoms with van der Waals surface area (Å²) < 4.78 is 45.7. The van der Waals surface area contributed by atoms with Gasteiger partial charge in [-0.1, -0.05) is 0 Å². The van der Waals surface area contributed by atoms with Gasteiger partial charge in [0.15, 0.2) is 0 Å². The summed E-state index contributed by atoms with van der Waals surface area (Å²) in [5, 5.41) is 0. The number of ether oxygens (including phenoxy) is 1. The number of rotatable bonds is 3. The Morgan fingerprint density at radius 1 is 1.38 bits per heavy atom. The van der Waals surface area contributed by atoms with Crippen molar-refractivity contribution >= 4 is 11.0 Å². The Hall–Kier alpha value is -1.56. The minimum atomic E-state index is -4.33. The number of nitrogens with zero attached hydrogens (tertiary/aromatic N) is 2. The number of hydrogen-bond acceptors (Lipinski definition) is 2. The van der Waals surface area contributed by atoms with Crippen molar-refractivity contribution in [1.29, 1.82) is 0 Å². The largest absolute Gasteiger partial charge is 0.416 e. The van der Waals surface area contributed by atoms with Crippen molar-refractivity contribution in [2.24, 2.45) is 5.92 Å². The van der Waals surface area contributed by atoms with Crippen LogP contribution in [0.2, 0.25) is 0 Å². The van der Waals surface area contributed by atoms with E-state index in [1.807, 2.05) is 11.5 Å². The first-order valence-electron chi connectivity index (χ1n) is 7.13. The monoisotopic (exact) mass is 298 g/mol. The molecule has 0 N–H and O–H groups in total. The summed E-state index contributed by atoms with van der Waals surface area (Å²) in [5.41, 5.74) is 0.534. The molecular formula is C15H17F3N2O. The summed E-state index contributed by atoms with van der Waals surface area (Å²) >= 11 is 0. The van der Waals surface area contributed by atoms with Gasteiger partial charge in [-0.2, -0.15) is 13.2 Å². The topological polar surface area (TPSA) is 27.1 Å². The molecular weight excluding hydrogens is 281 g/mol. The highest BCUT2D eigenvalue weighted by molar-refractivity contribution is 5.77. The SMILES string of the molecule is CCn1c(C[C@@H]2CCOC2)nc2cc(C(F)(F)F)ccc21. The van der Waals surface area contributed by atoms with E-state index in [9.17, 15) is 13.2 Å². The van der Waals surface area contributed by atoms with Gasteiger partial charge in [0.2, 0.25) is 0 Å². The van der Waals surface area contributed by atoms with Crippen LogP contribution in [0.5, 0.6) is 0 Å². The highest BCUT2D eigenvalue weighted by Gasteiger charge is 2.31. The lowest BCUT2D eigenvalue weighted by Gasteiger charge is -2.09. The molecule has 1 aromatic heterocycles. The first-order chi connectivity index (χ1) is 9.99. The van der Waals surface area contributed by atoms with Gasteiger partial charge < -0.3 is 9.30 Å². The number of imidazole rings is 1. The number of aryl methyl sites for hydroxylation is 1. The zero-order chi connectivity index (χ0) is 15.0. The third kappa shape index (κ3) is 2.77. The first kappa shape index (κ1) is 14.4. The number of alkyl halides is 3. The van der Waals surface area contributed by atoms with Crippen LogP contribution in [0.15, 0.2) is 18.2 Å². The van der Waals surface area contributed by atoms with Gasteiger partial charge in [-0.25, -0.2) is 4.98 Å². The molecule has 1 aliphatic heterocycles. The molecule has 1 atom stereocenters. The van der Waals surface area contributed by atoms with Crippen LogP contribution >= 0.6 is 0 Å². The van der Waals surface area contributed by atoms with E-state index in [0.717, 1.165) is 42.9 Å². The van der Waals surface area contributed by atoms with Gasteiger partial charge in [-0.15, -0.1) is 0 Å². The van der Waals surface area contributed by atoms with E-state index in [-0.39, 0.29) is 0 Å². The van der Waals surface area contributed by atoms with Crippen LogP contribution < -0.4 is 0 Å². The molecule has 1 fully saturated rings. The standard InChI is InChI=1S/C15H17F3N2O/c1-2-20-13-4-3-11(15(16,17)18)8-12(13)19-14(20)7-10-5-6-21-9-10/h3-4,8,10H,2,5-7,9H2,1H3/t10-/m0/s1. The maximum atomic E-state index is 12.8. The Morgan fingerprint density at radius 3 is 2.81 bits per heavy atom. The molecule has 3 rings (SSSR count). The van der Waals surface area contributed by atoms with E-state index in [2.05, 4.69) is 4.98 Å². The van der Waals surface area contributed by atoms with Crippen molar-refractivity contribution in [3.05, 3.63) is 29.6 Å². The van der Waals surface area contributed by atoms with Crippen molar-refractivity contribution < 1.29 is 17.9 Å². The van der Waals surface area contributed by atoms with Gasteiger partial charge in [0.1, 0.15) is 5.82 Å². The fourth-order valence-electron chi connectivity index (χ4n) is 2.87. The average molecular weight is 298 g/mol. The predicted octanol–water partition coefficient (Wildman–Crippen LogP) is 3.65. The summed E-state index contributed by atoms with van der Waals surface area (Å²) in [5.74, 6) is 1.26. The van der Waals surface area contributed by atoms with Gasteiger partial charge in [0.25, 0.3) is 0 Å². The molecule has 0 radical (unpaired) electrons. The van der Waals surface area contributed by atoms with Gasteiger partial charge in [-0.05, 0) is 37.5 Å². The fourth-order valence-corrected chi connectivity index (χ4v) is 2.87. The second-order valence-electron chi connectivity index (χ2n) is 5.41. The van der Waals surface area contributed by atoms with Gasteiger partial charge in [0, 0.05) is 26.2 Å². The minimum absolute atomic E-state index is 0.411. The zero-order valence-electron chi connectivity index (χ0n) is 11.8. The van der Waals surface area contributed by atoms with Crippen molar-refractivity contribution in [2.45, 2.75) is 32.5 Å². The lowest BCUT2D eigenvalue weighted by Crippen LogP contribution is -2.10. The Labute approximate surface area is 120 Å². The number of halogens is 3. The second kappa shape index (κ2) is 5.33. The molecule has 3 nitrogen and oxygen atoms in total. The molecule has 0 saturated carbocycles. The molecule has 1 aliphatic rings. The molecule has 21 heavy (non-hydrogen) atoms. The molecule has 0 unspecified atom stereocenters. The number of aromatic nitrogens is 2. The Morgan fingerprint density at radius 2 is 2.19 bits per heavy atom. The third-order valence-electron chi connectivity index (χ3n) is 3.97. The van der Waals surface area contributed by atoms with Crippen LogP contribution in [-0.4, -0.2) is 22.8 Å². The van der Waals surface area contributed by atoms with Gasteiger partial charge in [-0.3, -0.25) is 0 Å². The van der Waals surface area contributed by atoms with E-state index >= 15 is 0 Å². The minimum Gasteiger partial charge on any atom is -0.381 e. The van der Waals surface area contributed by atoms with Crippen LogP contribution in [0.25, 0.3) is 11.0 Å². The molecule has 0 spiro atoms. The van der Waals surface area contributed by atoms with E-state index in [1.54, 1.807) is 0 Å². The van der Waals surface area contributed by atoms with Crippen molar-refractivity contribution in [3.63, 3.8) is 0 Å². The first-order valence-corrected chi connectivity index (χ1v) is 7.13. The van der Waals surface area contributed by atoms with Gasteiger partial charge >= 0.3 is 6.18 Å². The molecule has 0 aliphatic carbocycles. The lowest BCUT2D eigenvalue weighted by atomic mass is 10.1. The van der Waals surface area contributed by atoms with E-state index in [0.29, 0.717) is 24.6 Å². The summed E-state index contributed by atoms with van der Waals surface area (Å²) in [6.45, 7) is 4.15. The molecule has 0 bridgehead atoms. The number of hydrogen-bond donors (Lipinski definition) is 0. The molecule has 114 valence electrons. The molecule has 2 aromatic rings. The Kier molecular flexibility index (Phi) is 3.65. The normalized spacial score (nSPS) is 19.5. The Balaban J connectivity index is 2.00. The lowest BCUT2D eigenvalue weighted by molar-refractivity contribution is -0.137. The summed E-state index contributed by atoms with van der Waals surface area (Å²) in [4.78, 5) is 4.43. The van der Waals surface area contributed by atoms with Crippen LogP contribution in [0.1, 0.15) is 24.7 Å². The maximum Gasteiger partial charge on any atom is 0.416 e. The smallest absolute Gasteiger partial charge is 0.381 e. The van der Waals surface area contributed by atoms with Crippen LogP contribution in [0, 0.1) is 5.92 Å². The predicted molar refractivity (Wildman–Crippen MR) is 73.0 cm³/mol. The molecule has 2 heterocycles. The molecule has 1 aromatic carbocycles. The molecule has 1 saturated heterocycles. The van der Waals surface area contributed by atoms with E-state index in [1.165, 1.54) is 6.07 Å². The quantitative estimate of drug-likeness (QED) is 0.865. The third-order valence-corrected chi connectivity index (χ3v) is 3.97. The van der Waals surface area contributed by atoms with Crippen LogP contribution in [-0.2, 0) is 23.9 Å². The average Bonchev–Trinajstić information content (AvgIpc) is 3.03. The number of benzene rings is 1. The summed E-state index contributed by atoms with van der Waals surface area (Å²) in [7, 11) is 0. The summed E-state index contributed by atoms with van der Waals surface area (Å²) in [6, 6.07) is 3.78. The van der Waals surface area contributed by atoms with Crippen LogP contribution in [0.3, 0.4) is 0 Å². The van der Waals surface area contributed by atoms with Gasteiger partial charge in [0.05, 0.1) is 16.6 Å². The Bertz CT molecular complexity index is 642. The molecule has 6 heteroatoms. The maximum absolute atomic E-state index is 12.8. The second-order valence-corrected chi connectivity index (χ2v) is 5.41. The summed E-state index contributed by atoms with van der Waals surface area (Å²) in [6.07, 6.45) is -2.59. The van der Waals surface area contributed by atoms with E-state index < -0.39 is 11.7 Å². The molecule has 0 amide bonds. The highest BCUT2D eigenvalue weighted by atomic mass is 19.4. The van der Waals surface area contributed by atoms with Crippen molar-refractivity contribution in [1.82, 2.24) is 9.55 Å². The highest BCUT2D eigenvalue weighted by Crippen LogP contribution is 2.32. The van der Waals surface area contributed by atoms with E-state index in [4.69, 9.17) is 4.74 Å². The fraction of sp³-hybridized carbons (Fsp3) is 0.533. The number of fused-ring (bicyclic) bond motifs is 1. The zero-order valence-corrected chi connectivity index (χ0v) is 11.8.